The van der Waals surface area contributed by atoms with E-state index in [0.717, 1.165) is 6.20 Å². The molecule has 0 aromatic carbocycles. The molecular formula is C16H21F4N5O2. The van der Waals surface area contributed by atoms with Crippen LogP contribution in [-0.2, 0) is 4.79 Å². The first-order valence-corrected chi connectivity index (χ1v) is 7.68. The summed E-state index contributed by atoms with van der Waals surface area (Å²) in [5, 5.41) is 4.25. The Bertz CT molecular complexity index is 820. The molecule has 0 spiro atoms. The highest BCUT2D eigenvalue weighted by Crippen LogP contribution is 2.22. The maximum Gasteiger partial charge on any atom is 0.405 e. The highest BCUT2D eigenvalue weighted by molar-refractivity contribution is 5.88. The van der Waals surface area contributed by atoms with E-state index in [1.807, 2.05) is 0 Å². The van der Waals surface area contributed by atoms with Crippen LogP contribution in [0.25, 0.3) is 11.4 Å². The van der Waals surface area contributed by atoms with Crippen LogP contribution < -0.4 is 15.4 Å². The van der Waals surface area contributed by atoms with E-state index in [1.165, 1.54) is 27.2 Å². The normalized spacial score (nSPS) is 11.8. The molecule has 0 aliphatic rings. The van der Waals surface area contributed by atoms with Crippen molar-refractivity contribution in [2.24, 2.45) is 0 Å². The molecule has 2 aromatic rings. The zero-order chi connectivity index (χ0) is 20.2. The summed E-state index contributed by atoms with van der Waals surface area (Å²) in [6, 6.07) is 3.16. The average Bonchev–Trinajstić information content (AvgIpc) is 2.60. The van der Waals surface area contributed by atoms with Gasteiger partial charge in [-0.15, -0.1) is 0 Å². The van der Waals surface area contributed by atoms with Crippen molar-refractivity contribution in [2.75, 3.05) is 19.0 Å². The van der Waals surface area contributed by atoms with Crippen LogP contribution >= 0.6 is 0 Å². The first-order chi connectivity index (χ1) is 12.5. The Morgan fingerprint density at radius 3 is 2.48 bits per heavy atom. The molecular weight excluding hydrogens is 370 g/mol. The van der Waals surface area contributed by atoms with Crippen molar-refractivity contribution in [1.82, 2.24) is 20.3 Å². The van der Waals surface area contributed by atoms with E-state index < -0.39 is 30.0 Å². The number of amides is 1. The first kappa shape index (κ1) is 20.3. The number of alkyl halides is 3. The molecule has 0 fully saturated rings. The smallest absolute Gasteiger partial charge is 0.405 e. The fraction of sp³-hybridized carbons (Fsp3) is 0.375. The topological polar surface area (TPSA) is 89.0 Å². The first-order valence-electron chi connectivity index (χ1n) is 7.68. The molecule has 2 aromatic heterocycles. The molecule has 0 unspecified atom stereocenters. The molecule has 7 nitrogen and oxygen atoms in total. The number of rotatable bonds is 6. The van der Waals surface area contributed by atoms with Crippen LogP contribution in [0.5, 0.6) is 5.88 Å². The summed E-state index contributed by atoms with van der Waals surface area (Å²) in [5.74, 6) is -1.69. The molecule has 27 heavy (non-hydrogen) atoms. The fourth-order valence-corrected chi connectivity index (χ4v) is 1.98. The monoisotopic (exact) mass is 391 g/mol. The van der Waals surface area contributed by atoms with E-state index in [2.05, 4.69) is 20.3 Å². The van der Waals surface area contributed by atoms with Gasteiger partial charge in [0.15, 0.2) is 17.5 Å². The van der Waals surface area contributed by atoms with Crippen molar-refractivity contribution in [3.05, 3.63) is 30.3 Å². The maximum atomic E-state index is 14.0. The summed E-state index contributed by atoms with van der Waals surface area (Å²) in [4.78, 5) is 23.8. The average molecular weight is 391 g/mol. The van der Waals surface area contributed by atoms with Crippen LogP contribution in [-0.4, -0.2) is 46.2 Å². The molecule has 11 heteroatoms. The third-order valence-electron chi connectivity index (χ3n) is 3.40. The minimum Gasteiger partial charge on any atom is -0.481 e. The van der Waals surface area contributed by atoms with Gasteiger partial charge in [-0.05, 0) is 19.9 Å². The van der Waals surface area contributed by atoms with E-state index in [0.29, 0.717) is 11.4 Å². The molecule has 0 aliphatic heterocycles. The lowest BCUT2D eigenvalue weighted by Gasteiger charge is -2.26. The minimum atomic E-state index is -4.56. The molecule has 150 valence electrons. The third kappa shape index (κ3) is 5.50. The van der Waals surface area contributed by atoms with Gasteiger partial charge in [0.25, 0.3) is 0 Å². The van der Waals surface area contributed by atoms with E-state index >= 15 is 0 Å². The molecule has 0 aliphatic carbocycles. The Kier molecular flexibility index (Phi) is 5.82. The third-order valence-corrected chi connectivity index (χ3v) is 3.40. The van der Waals surface area contributed by atoms with Crippen molar-refractivity contribution < 1.29 is 29.9 Å². The van der Waals surface area contributed by atoms with Crippen LogP contribution in [0.1, 0.15) is 16.7 Å². The lowest BCUT2D eigenvalue weighted by atomic mass is 10.0. The molecule has 2 N–H and O–H groups in total. The van der Waals surface area contributed by atoms with E-state index in [1.54, 1.807) is 17.4 Å². The van der Waals surface area contributed by atoms with Gasteiger partial charge in [0.1, 0.15) is 12.1 Å². The Balaban J connectivity index is 0.00000392. The van der Waals surface area contributed by atoms with Gasteiger partial charge in [0.2, 0.25) is 11.8 Å². The molecule has 2 rings (SSSR count). The summed E-state index contributed by atoms with van der Waals surface area (Å²) in [6.07, 6.45) is -2.25. The van der Waals surface area contributed by atoms with Gasteiger partial charge >= 0.3 is 6.18 Å². The summed E-state index contributed by atoms with van der Waals surface area (Å²) >= 11 is 0. The second kappa shape index (κ2) is 7.72. The predicted octanol–water partition coefficient (Wildman–Crippen LogP) is 3.05. The van der Waals surface area contributed by atoms with E-state index in [9.17, 15) is 22.4 Å². The number of carbonyl (C=O) groups excluding carboxylic acids is 1. The molecule has 0 saturated heterocycles. The van der Waals surface area contributed by atoms with E-state index in [4.69, 9.17) is 4.74 Å². The van der Waals surface area contributed by atoms with Crippen LogP contribution in [0.15, 0.2) is 24.5 Å². The van der Waals surface area contributed by atoms with Crippen LogP contribution in [0.2, 0.25) is 0 Å². The van der Waals surface area contributed by atoms with Gasteiger partial charge in [0, 0.05) is 20.7 Å². The number of aromatic nitrogens is 3. The van der Waals surface area contributed by atoms with Crippen LogP contribution in [0.3, 0.4) is 0 Å². The zero-order valence-electron chi connectivity index (χ0n) is 14.7. The quantitative estimate of drug-likeness (QED) is 0.736. The number of methoxy groups -OCH3 is 1. The summed E-state index contributed by atoms with van der Waals surface area (Å²) < 4.78 is 55.8. The maximum absolute atomic E-state index is 14.0. The summed E-state index contributed by atoms with van der Waals surface area (Å²) in [6.45, 7) is 1.11. The fourth-order valence-electron chi connectivity index (χ4n) is 1.98. The van der Waals surface area contributed by atoms with Crippen molar-refractivity contribution in [3.63, 3.8) is 0 Å². The SMILES string of the molecule is COc1ccc(-c2ncc(F)c(NC(C)(C)C(=O)NCC(F)(F)F)n2)cn1.[HH].[HH]. The second-order valence-electron chi connectivity index (χ2n) is 6.03. The minimum absolute atomic E-state index is 0. The standard InChI is InChI=1S/C16H17F4N5O2.2H2/c1-15(2,14(26)23-8-16(18,19)20)25-13-10(17)7-22-12(24-13)9-4-5-11(27-3)21-6-9;;/h4-7H,8H2,1-3H3,(H,23,26)(H,22,24,25);2*1H. The zero-order valence-corrected chi connectivity index (χ0v) is 14.7. The van der Waals surface area contributed by atoms with E-state index in [-0.39, 0.29) is 14.5 Å². The number of pyridine rings is 1. The van der Waals surface area contributed by atoms with Gasteiger partial charge in [-0.3, -0.25) is 4.79 Å². The lowest BCUT2D eigenvalue weighted by molar-refractivity contribution is -0.140. The van der Waals surface area contributed by atoms with Crippen molar-refractivity contribution in [3.8, 4) is 17.3 Å². The van der Waals surface area contributed by atoms with Gasteiger partial charge < -0.3 is 15.4 Å². The van der Waals surface area contributed by atoms with Crippen LogP contribution in [0, 0.1) is 5.82 Å². The molecule has 0 bridgehead atoms. The van der Waals surface area contributed by atoms with Crippen molar-refractivity contribution in [1.29, 1.82) is 0 Å². The molecule has 2 heterocycles. The Morgan fingerprint density at radius 2 is 1.93 bits per heavy atom. The number of anilines is 1. The van der Waals surface area contributed by atoms with Gasteiger partial charge in [-0.25, -0.2) is 19.3 Å². The van der Waals surface area contributed by atoms with Gasteiger partial charge in [0.05, 0.1) is 13.3 Å². The Hall–Kier alpha value is -2.98. The molecule has 0 radical (unpaired) electrons. The number of carbonyl (C=O) groups is 1. The Labute approximate surface area is 155 Å². The lowest BCUT2D eigenvalue weighted by Crippen LogP contribution is -2.50. The van der Waals surface area contributed by atoms with Crippen molar-refractivity contribution >= 4 is 11.7 Å². The van der Waals surface area contributed by atoms with Crippen LogP contribution in [0.4, 0.5) is 23.4 Å². The number of hydrogen-bond donors (Lipinski definition) is 2. The largest absolute Gasteiger partial charge is 0.481 e. The molecule has 0 saturated carbocycles. The predicted molar refractivity (Wildman–Crippen MR) is 92.8 cm³/mol. The number of nitrogens with one attached hydrogen (secondary N) is 2. The second-order valence-corrected chi connectivity index (χ2v) is 6.03. The number of nitrogens with zero attached hydrogens (tertiary/aromatic N) is 3. The van der Waals surface area contributed by atoms with Gasteiger partial charge in [-0.1, -0.05) is 0 Å². The number of ether oxygens (including phenoxy) is 1. The van der Waals surface area contributed by atoms with Gasteiger partial charge in [-0.2, -0.15) is 13.2 Å². The Morgan fingerprint density at radius 1 is 1.22 bits per heavy atom. The number of hydrogen-bond acceptors (Lipinski definition) is 6. The molecule has 0 atom stereocenters. The summed E-state index contributed by atoms with van der Waals surface area (Å²) in [7, 11) is 1.45. The number of halogens is 4. The molecule has 1 amide bonds. The van der Waals surface area contributed by atoms with Crippen molar-refractivity contribution in [2.45, 2.75) is 25.6 Å². The highest BCUT2D eigenvalue weighted by Gasteiger charge is 2.33. The highest BCUT2D eigenvalue weighted by atomic mass is 19.4. The summed E-state index contributed by atoms with van der Waals surface area (Å²) in [5.41, 5.74) is -1.10.